The number of hydrogen-bond donors (Lipinski definition) is 2. The molecule has 0 bridgehead atoms. The molecule has 3 amide bonds. The van der Waals surface area contributed by atoms with E-state index in [0.29, 0.717) is 11.3 Å². The second kappa shape index (κ2) is 11.1. The maximum Gasteiger partial charge on any atom is 0.339 e. The first-order valence-corrected chi connectivity index (χ1v) is 8.80. The highest BCUT2D eigenvalue weighted by Gasteiger charge is 2.16. The van der Waals surface area contributed by atoms with Crippen molar-refractivity contribution in [3.8, 4) is 5.75 Å². The van der Waals surface area contributed by atoms with Crippen LogP contribution in [0.4, 0.5) is 4.79 Å². The van der Waals surface area contributed by atoms with Crippen molar-refractivity contribution in [3.05, 3.63) is 78.4 Å². The second-order valence-corrected chi connectivity index (χ2v) is 5.82. The number of ether oxygens (including phenoxy) is 2. The van der Waals surface area contributed by atoms with Crippen LogP contribution in [0.25, 0.3) is 11.6 Å². The third kappa shape index (κ3) is 6.99. The number of benzene rings is 2. The minimum absolute atomic E-state index is 0.209. The lowest BCUT2D eigenvalue weighted by Crippen LogP contribution is -2.41. The van der Waals surface area contributed by atoms with Gasteiger partial charge in [-0.15, -0.1) is 6.58 Å². The highest BCUT2D eigenvalue weighted by molar-refractivity contribution is 6.21. The van der Waals surface area contributed by atoms with Crippen molar-refractivity contribution < 1.29 is 23.9 Å². The van der Waals surface area contributed by atoms with E-state index < -0.39 is 24.5 Å². The largest absolute Gasteiger partial charge is 0.497 e. The van der Waals surface area contributed by atoms with Gasteiger partial charge < -0.3 is 14.8 Å². The molecule has 29 heavy (non-hydrogen) atoms. The summed E-state index contributed by atoms with van der Waals surface area (Å²) in [5.41, 5.74) is 1.63. The van der Waals surface area contributed by atoms with Gasteiger partial charge in [0.15, 0.2) is 6.61 Å². The van der Waals surface area contributed by atoms with Gasteiger partial charge in [-0.1, -0.05) is 48.5 Å². The average molecular weight is 394 g/mol. The fraction of sp³-hybridized carbons (Fsp3) is 0.136. The molecular weight excluding hydrogens is 372 g/mol. The Morgan fingerprint density at radius 3 is 2.52 bits per heavy atom. The predicted octanol–water partition coefficient (Wildman–Crippen LogP) is 2.79. The Hall–Kier alpha value is -3.87. The third-order valence-corrected chi connectivity index (χ3v) is 3.70. The topological polar surface area (TPSA) is 93.7 Å². The molecule has 7 heteroatoms. The Morgan fingerprint density at radius 1 is 1.07 bits per heavy atom. The van der Waals surface area contributed by atoms with E-state index in [2.05, 4.69) is 17.2 Å². The van der Waals surface area contributed by atoms with Crippen LogP contribution in [0.2, 0.25) is 0 Å². The Kier molecular flexibility index (Phi) is 8.19. The molecule has 2 aromatic carbocycles. The van der Waals surface area contributed by atoms with Crippen LogP contribution >= 0.6 is 0 Å². The molecule has 0 aliphatic heterocycles. The molecule has 2 rings (SSSR count). The van der Waals surface area contributed by atoms with Crippen LogP contribution in [0, 0.1) is 0 Å². The highest BCUT2D eigenvalue weighted by Crippen LogP contribution is 2.22. The van der Waals surface area contributed by atoms with Crippen LogP contribution in [-0.4, -0.2) is 38.2 Å². The summed E-state index contributed by atoms with van der Waals surface area (Å²) in [7, 11) is 1.55. The van der Waals surface area contributed by atoms with Gasteiger partial charge in [0.2, 0.25) is 0 Å². The molecule has 0 aromatic heterocycles. The number of esters is 1. The molecule has 0 fully saturated rings. The molecule has 7 nitrogen and oxygen atoms in total. The summed E-state index contributed by atoms with van der Waals surface area (Å²) in [6, 6.07) is 15.4. The van der Waals surface area contributed by atoms with Gasteiger partial charge in [-0.05, 0) is 29.3 Å². The van der Waals surface area contributed by atoms with Gasteiger partial charge >= 0.3 is 12.0 Å². The van der Waals surface area contributed by atoms with Crippen LogP contribution < -0.4 is 15.4 Å². The lowest BCUT2D eigenvalue weighted by Gasteiger charge is -2.10. The molecular formula is C22H22N2O5. The smallest absolute Gasteiger partial charge is 0.339 e. The molecule has 0 heterocycles. The van der Waals surface area contributed by atoms with E-state index in [4.69, 9.17) is 9.47 Å². The van der Waals surface area contributed by atoms with Gasteiger partial charge in [0, 0.05) is 6.54 Å². The summed E-state index contributed by atoms with van der Waals surface area (Å²) in [6.45, 7) is 3.07. The normalized spacial score (nSPS) is 10.6. The zero-order valence-electron chi connectivity index (χ0n) is 16.0. The maximum absolute atomic E-state index is 12.6. The molecule has 0 saturated carbocycles. The summed E-state index contributed by atoms with van der Waals surface area (Å²) in [5.74, 6) is -0.793. The van der Waals surface area contributed by atoms with E-state index in [0.717, 1.165) is 5.56 Å². The van der Waals surface area contributed by atoms with E-state index in [9.17, 15) is 14.4 Å². The quantitative estimate of drug-likeness (QED) is 0.311. The van der Waals surface area contributed by atoms with Gasteiger partial charge in [0.05, 0.1) is 12.7 Å². The number of hydrogen-bond acceptors (Lipinski definition) is 5. The molecule has 2 N–H and O–H groups in total. The molecule has 2 aromatic rings. The van der Waals surface area contributed by atoms with Crippen molar-refractivity contribution in [1.29, 1.82) is 0 Å². The number of methoxy groups -OCH3 is 1. The minimum atomic E-state index is -0.742. The SMILES string of the molecule is C=CCNC(=O)NC(=O)COC(=O)/C(=C/c1cccc(OC)c1)c1ccccc1. The summed E-state index contributed by atoms with van der Waals surface area (Å²) < 4.78 is 10.3. The van der Waals surface area contributed by atoms with Crippen molar-refractivity contribution in [2.45, 2.75) is 0 Å². The Morgan fingerprint density at radius 2 is 1.83 bits per heavy atom. The Balaban J connectivity index is 2.13. The first-order valence-electron chi connectivity index (χ1n) is 8.80. The van der Waals surface area contributed by atoms with Crippen molar-refractivity contribution in [2.24, 2.45) is 0 Å². The van der Waals surface area contributed by atoms with Gasteiger partial charge in [-0.25, -0.2) is 9.59 Å². The summed E-state index contributed by atoms with van der Waals surface area (Å²) in [5, 5.41) is 4.45. The number of nitrogens with one attached hydrogen (secondary N) is 2. The van der Waals surface area contributed by atoms with Crippen LogP contribution in [0.5, 0.6) is 5.75 Å². The Labute approximate surface area is 169 Å². The molecule has 0 aliphatic carbocycles. The summed E-state index contributed by atoms with van der Waals surface area (Å²) >= 11 is 0. The van der Waals surface area contributed by atoms with Gasteiger partial charge in [-0.2, -0.15) is 0 Å². The number of carbonyl (C=O) groups is 3. The molecule has 0 atom stereocenters. The highest BCUT2D eigenvalue weighted by atomic mass is 16.5. The molecule has 0 spiro atoms. The predicted molar refractivity (Wildman–Crippen MR) is 110 cm³/mol. The van der Waals surface area contributed by atoms with Gasteiger partial charge in [-0.3, -0.25) is 10.1 Å². The fourth-order valence-corrected chi connectivity index (χ4v) is 2.36. The van der Waals surface area contributed by atoms with Crippen molar-refractivity contribution in [2.75, 3.05) is 20.3 Å². The van der Waals surface area contributed by atoms with Crippen LogP contribution in [0.15, 0.2) is 67.3 Å². The van der Waals surface area contributed by atoms with E-state index in [-0.39, 0.29) is 12.1 Å². The van der Waals surface area contributed by atoms with Gasteiger partial charge in [0.25, 0.3) is 5.91 Å². The average Bonchev–Trinajstić information content (AvgIpc) is 2.75. The number of amides is 3. The zero-order chi connectivity index (χ0) is 21.1. The Bertz CT molecular complexity index is 906. The van der Waals surface area contributed by atoms with E-state index in [1.165, 1.54) is 6.08 Å². The summed E-state index contributed by atoms with van der Waals surface area (Å²) in [4.78, 5) is 35.9. The first-order chi connectivity index (χ1) is 14.0. The van der Waals surface area contributed by atoms with Crippen LogP contribution in [-0.2, 0) is 14.3 Å². The first kappa shape index (κ1) is 21.4. The fourth-order valence-electron chi connectivity index (χ4n) is 2.36. The molecule has 0 radical (unpaired) electrons. The molecule has 0 aliphatic rings. The molecule has 150 valence electrons. The standard InChI is InChI=1S/C22H22N2O5/c1-3-12-23-22(27)24-20(25)15-29-21(26)19(17-9-5-4-6-10-17)14-16-8-7-11-18(13-16)28-2/h3-11,13-14H,1,12,15H2,2H3,(H2,23,24,25,27)/b19-14+. The van der Waals surface area contributed by atoms with Crippen molar-refractivity contribution in [1.82, 2.24) is 10.6 Å². The number of urea groups is 1. The third-order valence-electron chi connectivity index (χ3n) is 3.70. The van der Waals surface area contributed by atoms with E-state index in [1.807, 2.05) is 12.1 Å². The van der Waals surface area contributed by atoms with Gasteiger partial charge in [0.1, 0.15) is 5.75 Å². The second-order valence-electron chi connectivity index (χ2n) is 5.82. The lowest BCUT2D eigenvalue weighted by atomic mass is 10.0. The van der Waals surface area contributed by atoms with Crippen LogP contribution in [0.1, 0.15) is 11.1 Å². The number of carbonyl (C=O) groups excluding carboxylic acids is 3. The number of rotatable bonds is 8. The minimum Gasteiger partial charge on any atom is -0.497 e. The molecule has 0 saturated heterocycles. The van der Waals surface area contributed by atoms with E-state index >= 15 is 0 Å². The van der Waals surface area contributed by atoms with Crippen LogP contribution in [0.3, 0.4) is 0 Å². The number of imide groups is 1. The molecule has 0 unspecified atom stereocenters. The van der Waals surface area contributed by atoms with Crippen molar-refractivity contribution >= 4 is 29.6 Å². The lowest BCUT2D eigenvalue weighted by molar-refractivity contribution is -0.142. The summed E-state index contributed by atoms with van der Waals surface area (Å²) in [6.07, 6.45) is 3.12. The zero-order valence-corrected chi connectivity index (χ0v) is 16.0. The maximum atomic E-state index is 12.6. The van der Waals surface area contributed by atoms with Crippen molar-refractivity contribution in [3.63, 3.8) is 0 Å². The monoisotopic (exact) mass is 394 g/mol. The van der Waals surface area contributed by atoms with E-state index in [1.54, 1.807) is 55.7 Å².